The third-order valence-electron chi connectivity index (χ3n) is 3.55. The Labute approximate surface area is 121 Å². The number of carboxylic acids is 1. The van der Waals surface area contributed by atoms with Gasteiger partial charge in [-0.3, -0.25) is 0 Å². The second kappa shape index (κ2) is 7.00. The number of hydrogen-bond acceptors (Lipinski definition) is 2. The van der Waals surface area contributed by atoms with E-state index < -0.39 is 30.1 Å². The fraction of sp³-hybridized carbons (Fsp3) is 0.846. The number of alkyl halides is 3. The fourth-order valence-corrected chi connectivity index (χ4v) is 2.34. The van der Waals surface area contributed by atoms with E-state index in [0.717, 1.165) is 0 Å². The van der Waals surface area contributed by atoms with Crippen LogP contribution in [0.15, 0.2) is 0 Å². The zero-order valence-electron chi connectivity index (χ0n) is 12.1. The number of carbonyl (C=O) groups excluding carboxylic acids is 1. The first kappa shape index (κ1) is 17.6. The van der Waals surface area contributed by atoms with Gasteiger partial charge in [-0.1, -0.05) is 13.8 Å². The number of rotatable bonds is 4. The molecule has 1 aliphatic heterocycles. The van der Waals surface area contributed by atoms with Gasteiger partial charge in [0.15, 0.2) is 0 Å². The Hall–Kier alpha value is -1.47. The van der Waals surface area contributed by atoms with Gasteiger partial charge in [0.2, 0.25) is 0 Å². The quantitative estimate of drug-likeness (QED) is 0.838. The van der Waals surface area contributed by atoms with Gasteiger partial charge in [-0.05, 0) is 25.2 Å². The molecule has 0 unspecified atom stereocenters. The van der Waals surface area contributed by atoms with Gasteiger partial charge in [-0.15, -0.1) is 0 Å². The standard InChI is InChI=1S/C13H21F3N2O3/c1-8(2)7-10(11(19)20)17-12(21)18-5-3-9(4-6-18)13(14,15)16/h8-10H,3-7H2,1-2H3,(H,17,21)(H,19,20)/t10-/m1/s1. The van der Waals surface area contributed by atoms with Crippen molar-refractivity contribution in [2.24, 2.45) is 11.8 Å². The molecule has 0 spiro atoms. The third-order valence-corrected chi connectivity index (χ3v) is 3.55. The van der Waals surface area contributed by atoms with Crippen molar-refractivity contribution in [3.8, 4) is 0 Å². The monoisotopic (exact) mass is 310 g/mol. The molecule has 1 rings (SSSR count). The number of urea groups is 1. The van der Waals surface area contributed by atoms with Crippen molar-refractivity contribution in [2.75, 3.05) is 13.1 Å². The lowest BCUT2D eigenvalue weighted by molar-refractivity contribution is -0.183. The third kappa shape index (κ3) is 5.43. The van der Waals surface area contributed by atoms with Crippen molar-refractivity contribution in [1.29, 1.82) is 0 Å². The van der Waals surface area contributed by atoms with Crippen LogP contribution in [0.1, 0.15) is 33.1 Å². The predicted octanol–water partition coefficient (Wildman–Crippen LogP) is 2.47. The van der Waals surface area contributed by atoms with Crippen LogP contribution in [-0.4, -0.2) is 47.3 Å². The van der Waals surface area contributed by atoms with E-state index in [2.05, 4.69) is 5.32 Å². The largest absolute Gasteiger partial charge is 0.480 e. The lowest BCUT2D eigenvalue weighted by Crippen LogP contribution is -2.51. The van der Waals surface area contributed by atoms with Crippen molar-refractivity contribution in [3.63, 3.8) is 0 Å². The second-order valence-corrected chi connectivity index (χ2v) is 5.77. The zero-order chi connectivity index (χ0) is 16.2. The molecule has 1 fully saturated rings. The van der Waals surface area contributed by atoms with Gasteiger partial charge < -0.3 is 15.3 Å². The van der Waals surface area contributed by atoms with Gasteiger partial charge in [0.05, 0.1) is 5.92 Å². The highest BCUT2D eigenvalue weighted by molar-refractivity contribution is 5.82. The van der Waals surface area contributed by atoms with Gasteiger partial charge in [-0.25, -0.2) is 9.59 Å². The highest BCUT2D eigenvalue weighted by Crippen LogP contribution is 2.34. The second-order valence-electron chi connectivity index (χ2n) is 5.77. The molecule has 0 radical (unpaired) electrons. The average Bonchev–Trinajstić information content (AvgIpc) is 2.36. The highest BCUT2D eigenvalue weighted by atomic mass is 19.4. The number of piperidine rings is 1. The summed E-state index contributed by atoms with van der Waals surface area (Å²) >= 11 is 0. The van der Waals surface area contributed by atoms with E-state index in [1.165, 1.54) is 4.90 Å². The molecule has 0 saturated carbocycles. The van der Waals surface area contributed by atoms with E-state index in [1.807, 2.05) is 13.8 Å². The molecule has 122 valence electrons. The maximum Gasteiger partial charge on any atom is 0.391 e. The van der Waals surface area contributed by atoms with E-state index in [0.29, 0.717) is 0 Å². The Morgan fingerprint density at radius 3 is 2.19 bits per heavy atom. The zero-order valence-corrected chi connectivity index (χ0v) is 12.1. The van der Waals surface area contributed by atoms with Gasteiger partial charge in [-0.2, -0.15) is 13.2 Å². The molecule has 2 amide bonds. The average molecular weight is 310 g/mol. The summed E-state index contributed by atoms with van der Waals surface area (Å²) in [6, 6.07) is -1.62. The van der Waals surface area contributed by atoms with Gasteiger partial charge >= 0.3 is 18.2 Å². The van der Waals surface area contributed by atoms with Crippen LogP contribution in [0.2, 0.25) is 0 Å². The first-order chi connectivity index (χ1) is 9.61. The number of carboxylic acid groups (broad SMARTS) is 1. The summed E-state index contributed by atoms with van der Waals surface area (Å²) in [5.41, 5.74) is 0. The summed E-state index contributed by atoms with van der Waals surface area (Å²) in [5, 5.41) is 11.4. The predicted molar refractivity (Wildman–Crippen MR) is 69.8 cm³/mol. The molecule has 1 aliphatic rings. The summed E-state index contributed by atoms with van der Waals surface area (Å²) in [6.07, 6.45) is -4.23. The van der Waals surface area contributed by atoms with E-state index in [1.54, 1.807) is 0 Å². The van der Waals surface area contributed by atoms with Crippen molar-refractivity contribution in [1.82, 2.24) is 10.2 Å². The van der Waals surface area contributed by atoms with Crippen LogP contribution in [0.3, 0.4) is 0 Å². The summed E-state index contributed by atoms with van der Waals surface area (Å²) in [4.78, 5) is 24.2. The van der Waals surface area contributed by atoms with Gasteiger partial charge in [0.1, 0.15) is 6.04 Å². The number of amides is 2. The van der Waals surface area contributed by atoms with Crippen LogP contribution in [-0.2, 0) is 4.79 Å². The molecule has 5 nitrogen and oxygen atoms in total. The molecular formula is C13H21F3N2O3. The molecule has 0 aliphatic carbocycles. The summed E-state index contributed by atoms with van der Waals surface area (Å²) in [7, 11) is 0. The number of halogens is 3. The lowest BCUT2D eigenvalue weighted by atomic mass is 9.96. The first-order valence-corrected chi connectivity index (χ1v) is 6.96. The van der Waals surface area contributed by atoms with Crippen molar-refractivity contribution in [3.05, 3.63) is 0 Å². The Balaban J connectivity index is 2.51. The smallest absolute Gasteiger partial charge is 0.391 e. The molecule has 21 heavy (non-hydrogen) atoms. The van der Waals surface area contributed by atoms with Crippen molar-refractivity contribution >= 4 is 12.0 Å². The fourth-order valence-electron chi connectivity index (χ4n) is 2.34. The minimum atomic E-state index is -4.23. The van der Waals surface area contributed by atoms with E-state index in [-0.39, 0.29) is 38.3 Å². The minimum absolute atomic E-state index is 0.00989. The molecule has 1 atom stereocenters. The lowest BCUT2D eigenvalue weighted by Gasteiger charge is -2.33. The number of likely N-dealkylation sites (tertiary alicyclic amines) is 1. The van der Waals surface area contributed by atoms with E-state index >= 15 is 0 Å². The topological polar surface area (TPSA) is 69.6 Å². The van der Waals surface area contributed by atoms with Crippen molar-refractivity contribution < 1.29 is 27.9 Å². The molecule has 1 heterocycles. The molecule has 8 heteroatoms. The summed E-state index contributed by atoms with van der Waals surface area (Å²) < 4.78 is 37.6. The molecule has 1 saturated heterocycles. The molecule has 0 bridgehead atoms. The number of aliphatic carboxylic acids is 1. The normalized spacial score (nSPS) is 18.7. The van der Waals surface area contributed by atoms with Crippen LogP contribution in [0, 0.1) is 11.8 Å². The van der Waals surface area contributed by atoms with Crippen LogP contribution in [0.5, 0.6) is 0 Å². The molecule has 0 aromatic carbocycles. The summed E-state index contributed by atoms with van der Waals surface area (Å²) in [6.45, 7) is 3.64. The van der Waals surface area contributed by atoms with Crippen LogP contribution in [0.4, 0.5) is 18.0 Å². The van der Waals surface area contributed by atoms with E-state index in [9.17, 15) is 22.8 Å². The minimum Gasteiger partial charge on any atom is -0.480 e. The molecule has 0 aromatic heterocycles. The van der Waals surface area contributed by atoms with Crippen LogP contribution in [0.25, 0.3) is 0 Å². The van der Waals surface area contributed by atoms with Crippen LogP contribution < -0.4 is 5.32 Å². The summed E-state index contributed by atoms with van der Waals surface area (Å²) in [5.74, 6) is -2.43. The number of hydrogen-bond donors (Lipinski definition) is 2. The highest BCUT2D eigenvalue weighted by Gasteiger charge is 2.41. The Bertz CT molecular complexity index is 377. The molecular weight excluding hydrogens is 289 g/mol. The van der Waals surface area contributed by atoms with Gasteiger partial charge in [0, 0.05) is 13.1 Å². The maximum atomic E-state index is 12.5. The number of carbonyl (C=O) groups is 2. The maximum absolute atomic E-state index is 12.5. The Kier molecular flexibility index (Phi) is 5.86. The number of nitrogens with one attached hydrogen (secondary N) is 1. The van der Waals surface area contributed by atoms with Crippen LogP contribution >= 0.6 is 0 Å². The Morgan fingerprint density at radius 2 is 1.81 bits per heavy atom. The van der Waals surface area contributed by atoms with Gasteiger partial charge in [0.25, 0.3) is 0 Å². The Morgan fingerprint density at radius 1 is 1.29 bits per heavy atom. The number of nitrogens with zero attached hydrogens (tertiary/aromatic N) is 1. The SMILES string of the molecule is CC(C)C[C@@H](NC(=O)N1CCC(C(F)(F)F)CC1)C(=O)O. The first-order valence-electron chi connectivity index (χ1n) is 6.96. The van der Waals surface area contributed by atoms with E-state index in [4.69, 9.17) is 5.11 Å². The molecule has 0 aromatic rings. The molecule has 2 N–H and O–H groups in total. The van der Waals surface area contributed by atoms with Crippen molar-refractivity contribution in [2.45, 2.75) is 45.3 Å².